The third-order valence-electron chi connectivity index (χ3n) is 3.07. The minimum absolute atomic E-state index is 0.0201. The summed E-state index contributed by atoms with van der Waals surface area (Å²) in [6.45, 7) is 5.81. The Morgan fingerprint density at radius 1 is 1.04 bits per heavy atom. The molecule has 0 spiro atoms. The Bertz CT molecular complexity index is 632. The first-order valence-electron chi connectivity index (χ1n) is 7.99. The smallest absolute Gasteiger partial charge is 0.334 e. The highest BCUT2D eigenvalue weighted by Gasteiger charge is 2.09. The van der Waals surface area contributed by atoms with Gasteiger partial charge in [0.25, 0.3) is 0 Å². The number of esters is 1. The number of thioether (sulfide) groups is 1. The van der Waals surface area contributed by atoms with Crippen LogP contribution in [0.5, 0.6) is 5.75 Å². The van der Waals surface area contributed by atoms with Gasteiger partial charge in [0.15, 0.2) is 5.12 Å². The van der Waals surface area contributed by atoms with Crippen molar-refractivity contribution in [3.63, 3.8) is 0 Å². The Balaban J connectivity index is 3.18. The zero-order chi connectivity index (χ0) is 18.7. The molecule has 1 rings (SSSR count). The van der Waals surface area contributed by atoms with Crippen molar-refractivity contribution in [3.8, 4) is 5.75 Å². The summed E-state index contributed by atoms with van der Waals surface area (Å²) >= 11 is 1.20. The van der Waals surface area contributed by atoms with E-state index in [-0.39, 0.29) is 5.12 Å². The van der Waals surface area contributed by atoms with Gasteiger partial charge in [0.1, 0.15) is 11.5 Å². The second kappa shape index (κ2) is 11.4. The molecule has 1 aromatic carbocycles. The first-order chi connectivity index (χ1) is 12.0. The summed E-state index contributed by atoms with van der Waals surface area (Å²) in [5.74, 6) is 1.15. The molecule has 5 nitrogen and oxygen atoms in total. The van der Waals surface area contributed by atoms with E-state index in [1.807, 2.05) is 31.2 Å². The van der Waals surface area contributed by atoms with E-state index in [9.17, 15) is 9.59 Å². The predicted molar refractivity (Wildman–Crippen MR) is 100 cm³/mol. The largest absolute Gasteiger partial charge is 0.497 e. The van der Waals surface area contributed by atoms with Crippen molar-refractivity contribution >= 4 is 28.4 Å². The minimum atomic E-state index is -0.462. The lowest BCUT2D eigenvalue weighted by atomic mass is 10.1. The molecule has 0 amide bonds. The quantitative estimate of drug-likeness (QED) is 0.287. The molecule has 0 aliphatic carbocycles. The number of ether oxygens (including phenoxy) is 3. The average Bonchev–Trinajstić information content (AvgIpc) is 2.58. The van der Waals surface area contributed by atoms with Gasteiger partial charge in [-0.2, -0.15) is 0 Å². The summed E-state index contributed by atoms with van der Waals surface area (Å²) in [6.07, 6.45) is 3.08. The van der Waals surface area contributed by atoms with Crippen molar-refractivity contribution in [3.05, 3.63) is 47.7 Å². The molecule has 0 aromatic heterocycles. The van der Waals surface area contributed by atoms with Crippen molar-refractivity contribution in [1.82, 2.24) is 0 Å². The molecule has 25 heavy (non-hydrogen) atoms. The van der Waals surface area contributed by atoms with E-state index in [1.54, 1.807) is 20.1 Å². The number of rotatable bonds is 9. The van der Waals surface area contributed by atoms with E-state index < -0.39 is 5.97 Å². The summed E-state index contributed by atoms with van der Waals surface area (Å²) in [7, 11) is 1.60. The summed E-state index contributed by atoms with van der Waals surface area (Å²) < 4.78 is 15.6. The van der Waals surface area contributed by atoms with Crippen molar-refractivity contribution in [1.29, 1.82) is 0 Å². The van der Waals surface area contributed by atoms with Crippen LogP contribution in [0.25, 0.3) is 5.57 Å². The van der Waals surface area contributed by atoms with Gasteiger partial charge >= 0.3 is 5.97 Å². The van der Waals surface area contributed by atoms with Crippen LogP contribution in [0.3, 0.4) is 0 Å². The van der Waals surface area contributed by atoms with Crippen LogP contribution in [-0.2, 0) is 19.1 Å². The van der Waals surface area contributed by atoms with Gasteiger partial charge in [-0.05, 0) is 43.2 Å². The zero-order valence-electron chi connectivity index (χ0n) is 15.0. The van der Waals surface area contributed by atoms with Crippen molar-refractivity contribution in [2.45, 2.75) is 20.8 Å². The Hall–Kier alpha value is -2.21. The molecule has 0 saturated carbocycles. The molecular formula is C19H24O5S. The third kappa shape index (κ3) is 7.94. The average molecular weight is 364 g/mol. The SMILES string of the molecule is CCOC(=O)/C=C(\C=C(/CSC(C)=O)c1ccc(OC)cc1)OCC. The van der Waals surface area contributed by atoms with Gasteiger partial charge in [-0.3, -0.25) is 4.79 Å². The highest BCUT2D eigenvalue weighted by molar-refractivity contribution is 8.13. The van der Waals surface area contributed by atoms with Crippen LogP contribution in [0.2, 0.25) is 0 Å². The number of methoxy groups -OCH3 is 1. The summed E-state index contributed by atoms with van der Waals surface area (Å²) in [5, 5.41) is 0.0201. The van der Waals surface area contributed by atoms with E-state index in [1.165, 1.54) is 24.8 Å². The van der Waals surface area contributed by atoms with Crippen LogP contribution in [0.1, 0.15) is 26.3 Å². The molecule has 0 aliphatic heterocycles. The molecule has 0 heterocycles. The first kappa shape index (κ1) is 20.8. The van der Waals surface area contributed by atoms with E-state index in [4.69, 9.17) is 14.2 Å². The molecule has 0 saturated heterocycles. The maximum absolute atomic E-state index is 11.7. The minimum Gasteiger partial charge on any atom is -0.497 e. The molecule has 0 unspecified atom stereocenters. The van der Waals surface area contributed by atoms with Gasteiger partial charge < -0.3 is 14.2 Å². The maximum Gasteiger partial charge on any atom is 0.334 e. The molecule has 136 valence electrons. The highest BCUT2D eigenvalue weighted by Crippen LogP contribution is 2.24. The lowest BCUT2D eigenvalue weighted by molar-refractivity contribution is -0.137. The number of benzene rings is 1. The lowest BCUT2D eigenvalue weighted by Gasteiger charge is -2.11. The van der Waals surface area contributed by atoms with Crippen molar-refractivity contribution in [2.24, 2.45) is 0 Å². The molecule has 6 heteroatoms. The molecule has 0 fully saturated rings. The van der Waals surface area contributed by atoms with Crippen LogP contribution in [0, 0.1) is 0 Å². The summed E-state index contributed by atoms with van der Waals surface area (Å²) in [6, 6.07) is 7.49. The van der Waals surface area contributed by atoms with Crippen LogP contribution < -0.4 is 4.74 Å². The molecule has 0 atom stereocenters. The van der Waals surface area contributed by atoms with Crippen molar-refractivity contribution < 1.29 is 23.8 Å². The van der Waals surface area contributed by atoms with Crippen LogP contribution in [-0.4, -0.2) is 37.2 Å². The zero-order valence-corrected chi connectivity index (χ0v) is 15.9. The van der Waals surface area contributed by atoms with E-state index >= 15 is 0 Å². The Kier molecular flexibility index (Phi) is 9.47. The van der Waals surface area contributed by atoms with Gasteiger partial charge in [0, 0.05) is 12.7 Å². The predicted octanol–water partition coefficient (Wildman–Crippen LogP) is 3.84. The molecular weight excluding hydrogens is 340 g/mol. The standard InChI is InChI=1S/C19H24O5S/c1-5-23-18(12-19(21)24-6-2)11-16(13-25-14(3)20)15-7-9-17(22-4)10-8-15/h7-12H,5-6,13H2,1-4H3/b16-11+,18-12+. The van der Waals surface area contributed by atoms with E-state index in [0.717, 1.165) is 16.9 Å². The van der Waals surface area contributed by atoms with E-state index in [2.05, 4.69) is 0 Å². The fourth-order valence-corrected chi connectivity index (χ4v) is 2.57. The summed E-state index contributed by atoms with van der Waals surface area (Å²) in [4.78, 5) is 23.1. The van der Waals surface area contributed by atoms with Crippen molar-refractivity contribution in [2.75, 3.05) is 26.1 Å². The monoisotopic (exact) mass is 364 g/mol. The fourth-order valence-electron chi connectivity index (χ4n) is 1.96. The molecule has 0 bridgehead atoms. The van der Waals surface area contributed by atoms with Gasteiger partial charge in [-0.25, -0.2) is 4.79 Å². The second-order valence-electron chi connectivity index (χ2n) is 4.91. The second-order valence-corrected chi connectivity index (χ2v) is 6.06. The van der Waals surface area contributed by atoms with Gasteiger partial charge in [0.05, 0.1) is 26.4 Å². The third-order valence-corrected chi connectivity index (χ3v) is 3.93. The van der Waals surface area contributed by atoms with Crippen LogP contribution in [0.15, 0.2) is 42.2 Å². The Morgan fingerprint density at radius 2 is 1.68 bits per heavy atom. The lowest BCUT2D eigenvalue weighted by Crippen LogP contribution is -2.03. The number of carbonyl (C=O) groups excluding carboxylic acids is 2. The number of allylic oxidation sites excluding steroid dienone is 1. The molecule has 0 radical (unpaired) electrons. The number of hydrogen-bond donors (Lipinski definition) is 0. The van der Waals surface area contributed by atoms with Gasteiger partial charge in [-0.15, -0.1) is 0 Å². The summed E-state index contributed by atoms with van der Waals surface area (Å²) in [5.41, 5.74) is 1.79. The maximum atomic E-state index is 11.7. The molecule has 1 aromatic rings. The fraction of sp³-hybridized carbons (Fsp3) is 0.368. The first-order valence-corrected chi connectivity index (χ1v) is 8.98. The Morgan fingerprint density at radius 3 is 2.20 bits per heavy atom. The van der Waals surface area contributed by atoms with Gasteiger partial charge in [-0.1, -0.05) is 23.9 Å². The number of hydrogen-bond acceptors (Lipinski definition) is 6. The highest BCUT2D eigenvalue weighted by atomic mass is 32.2. The number of carbonyl (C=O) groups is 2. The topological polar surface area (TPSA) is 61.8 Å². The Labute approximate surface area is 153 Å². The molecule has 0 aliphatic rings. The van der Waals surface area contributed by atoms with E-state index in [0.29, 0.717) is 24.7 Å². The molecule has 0 N–H and O–H groups in total. The van der Waals surface area contributed by atoms with Crippen LogP contribution >= 0.6 is 11.8 Å². The normalized spacial score (nSPS) is 11.8. The van der Waals surface area contributed by atoms with Crippen LogP contribution in [0.4, 0.5) is 0 Å². The van der Waals surface area contributed by atoms with Gasteiger partial charge in [0.2, 0.25) is 0 Å².